The highest BCUT2D eigenvalue weighted by Crippen LogP contribution is 2.42. The van der Waals surface area contributed by atoms with Crippen LogP contribution in [0.3, 0.4) is 0 Å². The lowest BCUT2D eigenvalue weighted by Crippen LogP contribution is -2.34. The Hall–Kier alpha value is -2.33. The molecule has 0 bridgehead atoms. The summed E-state index contributed by atoms with van der Waals surface area (Å²) in [6.07, 6.45) is 1.03. The molecule has 1 unspecified atom stereocenters. The maximum atomic E-state index is 10.6. The molecular weight excluding hydrogens is 338 g/mol. The third-order valence-corrected chi connectivity index (χ3v) is 5.20. The van der Waals surface area contributed by atoms with Gasteiger partial charge in [-0.2, -0.15) is 5.10 Å². The Bertz CT molecular complexity index is 983. The van der Waals surface area contributed by atoms with Crippen molar-refractivity contribution in [2.24, 2.45) is 7.05 Å². The summed E-state index contributed by atoms with van der Waals surface area (Å²) in [5.74, 6) is 0. The van der Waals surface area contributed by atoms with Crippen LogP contribution in [-0.2, 0) is 23.1 Å². The summed E-state index contributed by atoms with van der Waals surface area (Å²) in [5, 5.41) is 26.5. The molecule has 5 rings (SSSR count). The van der Waals surface area contributed by atoms with Gasteiger partial charge in [0.15, 0.2) is 6.23 Å². The van der Waals surface area contributed by atoms with Crippen LogP contribution in [0, 0.1) is 6.92 Å². The van der Waals surface area contributed by atoms with E-state index < -0.39 is 30.6 Å². The third kappa shape index (κ3) is 2.15. The SMILES string of the molecule is Cc1ncnc2c1ccn2[C@@H]1O[C@H](C2OCc3nn(C)cc32)[C@@H](O)[C@H]1O. The van der Waals surface area contributed by atoms with Gasteiger partial charge in [0.2, 0.25) is 0 Å². The van der Waals surface area contributed by atoms with Crippen molar-refractivity contribution in [1.82, 2.24) is 24.3 Å². The van der Waals surface area contributed by atoms with E-state index in [1.54, 1.807) is 15.4 Å². The largest absolute Gasteiger partial charge is 0.387 e. The Morgan fingerprint density at radius 1 is 1.23 bits per heavy atom. The number of aliphatic hydroxyl groups is 2. The van der Waals surface area contributed by atoms with E-state index >= 15 is 0 Å². The predicted molar refractivity (Wildman–Crippen MR) is 88.9 cm³/mol. The Labute approximate surface area is 148 Å². The molecule has 136 valence electrons. The second kappa shape index (κ2) is 5.58. The van der Waals surface area contributed by atoms with Crippen LogP contribution in [0.2, 0.25) is 0 Å². The maximum absolute atomic E-state index is 10.6. The summed E-state index contributed by atoms with van der Waals surface area (Å²) in [6.45, 7) is 2.27. The second-order valence-electron chi connectivity index (χ2n) is 6.83. The minimum absolute atomic E-state index is 0.368. The maximum Gasteiger partial charge on any atom is 0.164 e. The summed E-state index contributed by atoms with van der Waals surface area (Å²) in [7, 11) is 1.84. The molecule has 0 aliphatic carbocycles. The van der Waals surface area contributed by atoms with E-state index in [4.69, 9.17) is 9.47 Å². The molecule has 2 aliphatic heterocycles. The van der Waals surface area contributed by atoms with E-state index in [1.165, 1.54) is 6.33 Å². The number of hydrogen-bond donors (Lipinski definition) is 2. The molecule has 3 aromatic heterocycles. The molecule has 26 heavy (non-hydrogen) atoms. The van der Waals surface area contributed by atoms with Crippen molar-refractivity contribution in [3.63, 3.8) is 0 Å². The Morgan fingerprint density at radius 3 is 2.92 bits per heavy atom. The Kier molecular flexibility index (Phi) is 3.41. The van der Waals surface area contributed by atoms with Crippen molar-refractivity contribution in [3.8, 4) is 0 Å². The molecule has 0 radical (unpaired) electrons. The predicted octanol–water partition coefficient (Wildman–Crippen LogP) is 0.364. The molecule has 0 aromatic carbocycles. The zero-order valence-electron chi connectivity index (χ0n) is 14.4. The van der Waals surface area contributed by atoms with Gasteiger partial charge in [-0.3, -0.25) is 4.68 Å². The van der Waals surface area contributed by atoms with Crippen LogP contribution in [0.4, 0.5) is 0 Å². The van der Waals surface area contributed by atoms with Crippen LogP contribution in [0.5, 0.6) is 0 Å². The number of rotatable bonds is 2. The fraction of sp³-hybridized carbons (Fsp3) is 0.471. The first-order valence-electron chi connectivity index (χ1n) is 8.48. The number of aliphatic hydroxyl groups excluding tert-OH is 2. The van der Waals surface area contributed by atoms with E-state index in [9.17, 15) is 10.2 Å². The van der Waals surface area contributed by atoms with Crippen molar-refractivity contribution in [3.05, 3.63) is 41.7 Å². The molecule has 1 saturated heterocycles. The van der Waals surface area contributed by atoms with Gasteiger partial charge in [0.1, 0.15) is 36.4 Å². The van der Waals surface area contributed by atoms with Gasteiger partial charge in [-0.15, -0.1) is 0 Å². The highest BCUT2D eigenvalue weighted by atomic mass is 16.6. The molecule has 5 heterocycles. The molecule has 0 amide bonds. The van der Waals surface area contributed by atoms with Crippen LogP contribution >= 0.6 is 0 Å². The third-order valence-electron chi connectivity index (χ3n) is 5.20. The zero-order chi connectivity index (χ0) is 18.0. The van der Waals surface area contributed by atoms with E-state index in [1.807, 2.05) is 26.2 Å². The molecular formula is C17H19N5O4. The zero-order valence-corrected chi connectivity index (χ0v) is 14.4. The number of nitrogens with zero attached hydrogens (tertiary/aromatic N) is 5. The first-order valence-corrected chi connectivity index (χ1v) is 8.48. The van der Waals surface area contributed by atoms with E-state index in [2.05, 4.69) is 15.1 Å². The van der Waals surface area contributed by atoms with Crippen LogP contribution in [-0.4, -0.2) is 52.8 Å². The fourth-order valence-electron chi connectivity index (χ4n) is 3.90. The number of aryl methyl sites for hydroxylation is 2. The first-order chi connectivity index (χ1) is 12.5. The van der Waals surface area contributed by atoms with Gasteiger partial charge in [-0.05, 0) is 13.0 Å². The van der Waals surface area contributed by atoms with Gasteiger partial charge in [-0.25, -0.2) is 9.97 Å². The van der Waals surface area contributed by atoms with Gasteiger partial charge in [0.25, 0.3) is 0 Å². The quantitative estimate of drug-likeness (QED) is 0.682. The van der Waals surface area contributed by atoms with Crippen LogP contribution < -0.4 is 0 Å². The number of aromatic nitrogens is 5. The topological polar surface area (TPSA) is 107 Å². The lowest BCUT2D eigenvalue weighted by Gasteiger charge is -2.21. The summed E-state index contributed by atoms with van der Waals surface area (Å²) in [5.41, 5.74) is 3.22. The molecule has 1 fully saturated rings. The molecule has 9 heteroatoms. The second-order valence-corrected chi connectivity index (χ2v) is 6.83. The first kappa shape index (κ1) is 15.9. The van der Waals surface area contributed by atoms with Gasteiger partial charge in [0.05, 0.1) is 18.0 Å². The normalized spacial score (nSPS) is 31.0. The van der Waals surface area contributed by atoms with Crippen molar-refractivity contribution >= 4 is 11.0 Å². The van der Waals surface area contributed by atoms with E-state index in [-0.39, 0.29) is 0 Å². The smallest absolute Gasteiger partial charge is 0.164 e. The molecule has 9 nitrogen and oxygen atoms in total. The van der Waals surface area contributed by atoms with Gasteiger partial charge < -0.3 is 24.3 Å². The molecule has 3 aromatic rings. The van der Waals surface area contributed by atoms with Crippen molar-refractivity contribution in [1.29, 1.82) is 0 Å². The average molecular weight is 357 g/mol. The van der Waals surface area contributed by atoms with Gasteiger partial charge in [0, 0.05) is 30.4 Å². The standard InChI is InChI=1S/C17H19N5O4/c1-8-9-3-4-22(16(9)19-7-18-8)17-13(24)12(23)15(26-17)14-10-5-21(2)20-11(10)6-25-14/h3-5,7,12-15,17,23-24H,6H2,1-2H3/t12-,13+,14?,15-,17+/m0/s1. The van der Waals surface area contributed by atoms with Crippen molar-refractivity contribution in [2.45, 2.75) is 44.2 Å². The lowest BCUT2D eigenvalue weighted by atomic mass is 10.0. The minimum Gasteiger partial charge on any atom is -0.387 e. The number of hydrogen-bond acceptors (Lipinski definition) is 7. The minimum atomic E-state index is -1.10. The Balaban J connectivity index is 1.50. The summed E-state index contributed by atoms with van der Waals surface area (Å²) in [6, 6.07) is 1.88. The fourth-order valence-corrected chi connectivity index (χ4v) is 3.90. The molecule has 5 atom stereocenters. The molecule has 0 saturated carbocycles. The van der Waals surface area contributed by atoms with Crippen molar-refractivity contribution < 1.29 is 19.7 Å². The summed E-state index contributed by atoms with van der Waals surface area (Å²) >= 11 is 0. The highest BCUT2D eigenvalue weighted by Gasteiger charge is 2.50. The van der Waals surface area contributed by atoms with Crippen LogP contribution in [0.15, 0.2) is 24.8 Å². The van der Waals surface area contributed by atoms with E-state index in [0.717, 1.165) is 22.3 Å². The summed E-state index contributed by atoms with van der Waals surface area (Å²) < 4.78 is 15.3. The molecule has 2 aliphatic rings. The molecule has 0 spiro atoms. The van der Waals surface area contributed by atoms with Gasteiger partial charge >= 0.3 is 0 Å². The van der Waals surface area contributed by atoms with Crippen LogP contribution in [0.25, 0.3) is 11.0 Å². The summed E-state index contributed by atoms with van der Waals surface area (Å²) in [4.78, 5) is 8.48. The van der Waals surface area contributed by atoms with E-state index in [0.29, 0.717) is 12.3 Å². The van der Waals surface area contributed by atoms with Crippen molar-refractivity contribution in [2.75, 3.05) is 0 Å². The van der Waals surface area contributed by atoms with Gasteiger partial charge in [-0.1, -0.05) is 0 Å². The number of fused-ring (bicyclic) bond motifs is 2. The average Bonchev–Trinajstić information content (AvgIpc) is 3.34. The number of ether oxygens (including phenoxy) is 2. The van der Waals surface area contributed by atoms with Crippen LogP contribution in [0.1, 0.15) is 29.3 Å². The lowest BCUT2D eigenvalue weighted by molar-refractivity contribution is -0.104. The Morgan fingerprint density at radius 2 is 2.08 bits per heavy atom. The monoisotopic (exact) mass is 357 g/mol. The highest BCUT2D eigenvalue weighted by molar-refractivity contribution is 5.78. The molecule has 2 N–H and O–H groups in total.